The van der Waals surface area contributed by atoms with E-state index in [9.17, 15) is 34.8 Å². The normalized spacial score (nSPS) is 29.7. The van der Waals surface area contributed by atoms with E-state index in [0.717, 1.165) is 0 Å². The Morgan fingerprint density at radius 1 is 1.16 bits per heavy atom. The molecular weight excluding hydrogens is 644 g/mol. The fourth-order valence-electron chi connectivity index (χ4n) is 7.27. The zero-order valence-electron chi connectivity index (χ0n) is 27.2. The fraction of sp³-hybridized carbons (Fsp3) is 0.545. The van der Waals surface area contributed by atoms with E-state index in [2.05, 4.69) is 10.0 Å². The third kappa shape index (κ3) is 6.15. The number of azide groups is 1. The number of nitrogens with zero attached hydrogens (tertiary/aromatic N) is 4. The summed E-state index contributed by atoms with van der Waals surface area (Å²) in [7, 11) is 1.34. The van der Waals surface area contributed by atoms with Gasteiger partial charge in [-0.2, -0.15) is 0 Å². The van der Waals surface area contributed by atoms with Gasteiger partial charge in [-0.1, -0.05) is 17.2 Å². The van der Waals surface area contributed by atoms with Crippen LogP contribution in [0, 0.1) is 0 Å². The molecule has 49 heavy (non-hydrogen) atoms. The number of fused-ring (bicyclic) bond motifs is 3. The number of Topliss-reactive ketones (excluding diaryl/α,β-unsaturated/α-hetero) is 1. The molecule has 2 aliphatic carbocycles. The van der Waals surface area contributed by atoms with Crippen molar-refractivity contribution in [2.45, 2.75) is 75.6 Å². The fourth-order valence-corrected chi connectivity index (χ4v) is 7.27. The maximum atomic E-state index is 13.9. The Balaban J connectivity index is 1.34. The second kappa shape index (κ2) is 13.7. The third-order valence-corrected chi connectivity index (χ3v) is 9.82. The van der Waals surface area contributed by atoms with Gasteiger partial charge < -0.3 is 44.1 Å². The Morgan fingerprint density at radius 2 is 1.92 bits per heavy atom. The number of benzene rings is 2. The molecule has 7 atom stereocenters. The molecule has 0 radical (unpaired) electrons. The van der Waals surface area contributed by atoms with Crippen LogP contribution >= 0.6 is 0 Å². The van der Waals surface area contributed by atoms with Crippen molar-refractivity contribution in [2.24, 2.45) is 5.11 Å². The first-order valence-electron chi connectivity index (χ1n) is 16.0. The highest BCUT2D eigenvalue weighted by Crippen LogP contribution is 2.52. The van der Waals surface area contributed by atoms with Gasteiger partial charge in [-0.05, 0) is 25.4 Å². The molecule has 0 bridgehead atoms. The van der Waals surface area contributed by atoms with Crippen molar-refractivity contribution in [3.63, 3.8) is 0 Å². The lowest BCUT2D eigenvalue weighted by Gasteiger charge is -2.47. The molecule has 6 rings (SSSR count). The first-order valence-corrected chi connectivity index (χ1v) is 16.0. The second-order valence-electron chi connectivity index (χ2n) is 12.7. The first kappa shape index (κ1) is 34.7. The number of ether oxygens (including phenoxy) is 5. The summed E-state index contributed by atoms with van der Waals surface area (Å²) in [6, 6.07) is 3.92. The van der Waals surface area contributed by atoms with Crippen molar-refractivity contribution in [3.8, 4) is 17.2 Å². The topological polar surface area (TPSA) is 230 Å². The molecular formula is C33H38N4O12. The van der Waals surface area contributed by atoms with Gasteiger partial charge in [0, 0.05) is 66.5 Å². The van der Waals surface area contributed by atoms with Crippen LogP contribution in [0.3, 0.4) is 0 Å². The van der Waals surface area contributed by atoms with Crippen molar-refractivity contribution < 1.29 is 58.5 Å². The van der Waals surface area contributed by atoms with Crippen LogP contribution in [-0.2, 0) is 30.2 Å². The quantitative estimate of drug-likeness (QED) is 0.0834. The number of methoxy groups -OCH3 is 1. The number of carbonyl (C=O) groups is 3. The molecule has 2 aliphatic heterocycles. The number of phenols is 2. The van der Waals surface area contributed by atoms with Gasteiger partial charge in [-0.15, -0.1) is 0 Å². The summed E-state index contributed by atoms with van der Waals surface area (Å²) in [5.74, 6) is -3.28. The molecule has 2 saturated heterocycles. The van der Waals surface area contributed by atoms with Gasteiger partial charge in [0.1, 0.15) is 22.8 Å². The molecule has 2 heterocycles. The largest absolute Gasteiger partial charge is 0.507 e. The summed E-state index contributed by atoms with van der Waals surface area (Å²) < 4.78 is 29.1. The molecule has 4 aliphatic rings. The van der Waals surface area contributed by atoms with Crippen LogP contribution in [0.15, 0.2) is 23.3 Å². The molecule has 2 aromatic carbocycles. The van der Waals surface area contributed by atoms with E-state index < -0.39 is 88.9 Å². The first-order chi connectivity index (χ1) is 23.4. The van der Waals surface area contributed by atoms with Crippen LogP contribution in [0.4, 0.5) is 0 Å². The number of phenolic OH excluding ortho intramolecular Hbond substituents is 2. The average Bonchev–Trinajstić information content (AvgIpc) is 3.08. The van der Waals surface area contributed by atoms with E-state index in [-0.39, 0.29) is 60.5 Å². The van der Waals surface area contributed by atoms with Crippen molar-refractivity contribution in [2.75, 3.05) is 40.0 Å². The smallest absolute Gasteiger partial charge is 0.202 e. The molecule has 0 spiro atoms. The minimum atomic E-state index is -2.05. The minimum Gasteiger partial charge on any atom is -0.507 e. The van der Waals surface area contributed by atoms with Crippen molar-refractivity contribution >= 4 is 17.3 Å². The molecule has 16 heteroatoms. The number of hydrogen-bond donors (Lipinski definition) is 4. The highest BCUT2D eigenvalue weighted by Gasteiger charge is 2.50. The van der Waals surface area contributed by atoms with Gasteiger partial charge in [0.05, 0.1) is 55.3 Å². The van der Waals surface area contributed by atoms with Gasteiger partial charge in [-0.25, -0.2) is 0 Å². The van der Waals surface area contributed by atoms with Crippen LogP contribution in [-0.4, -0.2) is 119 Å². The van der Waals surface area contributed by atoms with Crippen molar-refractivity contribution in [1.82, 2.24) is 4.90 Å². The number of aliphatic hydroxyl groups excluding tert-OH is 1. The Bertz CT molecular complexity index is 1730. The Kier molecular flexibility index (Phi) is 9.68. The maximum Gasteiger partial charge on any atom is 0.202 e. The van der Waals surface area contributed by atoms with Crippen LogP contribution in [0.1, 0.15) is 75.8 Å². The predicted octanol–water partition coefficient (Wildman–Crippen LogP) is 2.06. The Morgan fingerprint density at radius 3 is 2.63 bits per heavy atom. The predicted molar refractivity (Wildman–Crippen MR) is 167 cm³/mol. The summed E-state index contributed by atoms with van der Waals surface area (Å²) in [4.78, 5) is 45.1. The SMILES string of the molecule is COc1cccc2c1C(=O)c1c(O)c3c(c(O)c1C2=O)C[C@@](O)(C(C)=O)C[C@@H]3O[C@H]1C[C@H](N2CCO[C@H](OCCN=[N+]=[N-])C2)[C@H](O)[C@H](C)O1. The third-order valence-electron chi connectivity index (χ3n) is 9.82. The zero-order chi connectivity index (χ0) is 35.2. The zero-order valence-corrected chi connectivity index (χ0v) is 27.2. The number of aliphatic hydroxyl groups is 2. The van der Waals surface area contributed by atoms with Gasteiger partial charge >= 0.3 is 0 Å². The molecule has 0 aromatic heterocycles. The summed E-state index contributed by atoms with van der Waals surface area (Å²) in [5.41, 5.74) is 5.31. The van der Waals surface area contributed by atoms with E-state index in [1.807, 2.05) is 4.90 Å². The van der Waals surface area contributed by atoms with E-state index in [1.165, 1.54) is 32.2 Å². The number of ketones is 3. The molecule has 0 saturated carbocycles. The van der Waals surface area contributed by atoms with E-state index in [4.69, 9.17) is 29.2 Å². The van der Waals surface area contributed by atoms with Crippen molar-refractivity contribution in [3.05, 3.63) is 62.0 Å². The van der Waals surface area contributed by atoms with Gasteiger partial charge in [0.2, 0.25) is 5.78 Å². The molecule has 16 nitrogen and oxygen atoms in total. The summed E-state index contributed by atoms with van der Waals surface area (Å²) in [6.07, 6.45) is -5.35. The lowest BCUT2D eigenvalue weighted by atomic mass is 9.72. The van der Waals surface area contributed by atoms with Gasteiger partial charge in [0.25, 0.3) is 0 Å². The minimum absolute atomic E-state index is 0.0300. The number of morpholine rings is 1. The maximum absolute atomic E-state index is 13.9. The average molecular weight is 683 g/mol. The highest BCUT2D eigenvalue weighted by atomic mass is 16.7. The van der Waals surface area contributed by atoms with Gasteiger partial charge in [-0.3, -0.25) is 19.3 Å². The Hall–Kier alpha value is -4.12. The summed E-state index contributed by atoms with van der Waals surface area (Å²) >= 11 is 0. The molecule has 0 unspecified atom stereocenters. The standard InChI is InChI=1S/C33H38N4O12/c1-15-28(39)19(37-8-10-47-23(14-37)46-9-7-35-36-34)11-22(48-15)49-21-13-33(44,16(2)38)12-18-25(21)32(43)27-26(30(18)41)29(40)17-5-4-6-20(45-3)24(17)31(27)42/h4-6,15,19,21-23,28,39,41,43-44H,7-14H2,1-3H3/t15-,19-,21-,22-,23-,28+,33-/m0/s1. The lowest BCUT2D eigenvalue weighted by molar-refractivity contribution is -0.267. The second-order valence-corrected chi connectivity index (χ2v) is 12.7. The molecule has 262 valence electrons. The molecule has 2 aromatic rings. The van der Waals surface area contributed by atoms with Crippen molar-refractivity contribution in [1.29, 1.82) is 0 Å². The summed E-state index contributed by atoms with van der Waals surface area (Å²) in [5, 5.41) is 49.4. The Labute approximate surface area is 280 Å². The number of rotatable bonds is 9. The highest BCUT2D eigenvalue weighted by molar-refractivity contribution is 6.31. The molecule has 0 amide bonds. The van der Waals surface area contributed by atoms with Crippen LogP contribution < -0.4 is 4.74 Å². The molecule has 4 N–H and O–H groups in total. The van der Waals surface area contributed by atoms with E-state index in [1.54, 1.807) is 6.92 Å². The lowest BCUT2D eigenvalue weighted by Crippen LogP contribution is -2.59. The number of hydrogen-bond acceptors (Lipinski definition) is 14. The van der Waals surface area contributed by atoms with Gasteiger partial charge in [0.15, 0.2) is 24.1 Å². The molecule has 2 fully saturated rings. The monoisotopic (exact) mass is 682 g/mol. The van der Waals surface area contributed by atoms with Crippen LogP contribution in [0.2, 0.25) is 0 Å². The number of aromatic hydroxyl groups is 2. The van der Waals surface area contributed by atoms with E-state index in [0.29, 0.717) is 13.2 Å². The van der Waals surface area contributed by atoms with E-state index >= 15 is 0 Å². The summed E-state index contributed by atoms with van der Waals surface area (Å²) in [6.45, 7) is 4.17. The van der Waals surface area contributed by atoms with Crippen LogP contribution in [0.5, 0.6) is 17.2 Å². The number of carbonyl (C=O) groups excluding carboxylic acids is 3. The van der Waals surface area contributed by atoms with Crippen LogP contribution in [0.25, 0.3) is 10.4 Å².